The van der Waals surface area contributed by atoms with E-state index in [2.05, 4.69) is 15.2 Å². The van der Waals surface area contributed by atoms with E-state index in [0.717, 1.165) is 32.6 Å². The van der Waals surface area contributed by atoms with Crippen LogP contribution in [0.15, 0.2) is 6.07 Å². The SMILES string of the molecule is Cc1[nH]c2c(C(N)=O)cc(F)c(N3CC[C@@H]4CNC[C@H]4C3)c2c1Cl.Cl. The molecule has 8 heteroatoms. The first kappa shape index (κ1) is 18.3. The number of fused-ring (bicyclic) bond motifs is 2. The topological polar surface area (TPSA) is 74.2 Å². The number of aromatic nitrogens is 1. The van der Waals surface area contributed by atoms with E-state index in [1.54, 1.807) is 0 Å². The van der Waals surface area contributed by atoms with Crippen molar-refractivity contribution in [2.24, 2.45) is 17.6 Å². The summed E-state index contributed by atoms with van der Waals surface area (Å²) in [4.78, 5) is 16.9. The van der Waals surface area contributed by atoms with Gasteiger partial charge in [-0.25, -0.2) is 4.39 Å². The molecule has 2 atom stereocenters. The zero-order chi connectivity index (χ0) is 17.0. The predicted octanol–water partition coefficient (Wildman–Crippen LogP) is 2.84. The van der Waals surface area contributed by atoms with E-state index in [-0.39, 0.29) is 18.0 Å². The molecule has 0 bridgehead atoms. The number of carbonyl (C=O) groups is 1. The fourth-order valence-corrected chi connectivity index (χ4v) is 4.39. The first-order valence-electron chi connectivity index (χ1n) is 8.23. The molecule has 3 heterocycles. The number of nitrogens with two attached hydrogens (primary N) is 1. The number of carbonyl (C=O) groups excluding carboxylic acids is 1. The number of hydrogen-bond donors (Lipinski definition) is 3. The standard InChI is InChI=1S/C17H20ClFN4O.ClH/c1-8-14(18)13-15(22-8)11(17(20)24)4-12(19)16(13)23-3-2-9-5-21-6-10(9)7-23;/h4,9-10,21-22H,2-3,5-7H2,1H3,(H2,20,24);1H/t9-,10+;/m1./s1. The molecular weight excluding hydrogens is 366 g/mol. The summed E-state index contributed by atoms with van der Waals surface area (Å²) in [6.07, 6.45) is 1.02. The normalized spacial score (nSPS) is 22.8. The lowest BCUT2D eigenvalue weighted by Crippen LogP contribution is -2.40. The van der Waals surface area contributed by atoms with E-state index in [1.165, 1.54) is 6.07 Å². The molecule has 25 heavy (non-hydrogen) atoms. The van der Waals surface area contributed by atoms with E-state index in [1.807, 2.05) is 6.92 Å². The number of primary amides is 1. The lowest BCUT2D eigenvalue weighted by molar-refractivity contribution is 0.100. The highest BCUT2D eigenvalue weighted by Gasteiger charge is 2.35. The Morgan fingerprint density at radius 3 is 2.84 bits per heavy atom. The third-order valence-electron chi connectivity index (χ3n) is 5.40. The van der Waals surface area contributed by atoms with Crippen molar-refractivity contribution in [3.63, 3.8) is 0 Å². The summed E-state index contributed by atoms with van der Waals surface area (Å²) in [6, 6.07) is 1.23. The van der Waals surface area contributed by atoms with Gasteiger partial charge in [-0.1, -0.05) is 11.6 Å². The molecular formula is C17H21Cl2FN4O. The molecule has 4 rings (SSSR count). The van der Waals surface area contributed by atoms with Gasteiger partial charge >= 0.3 is 0 Å². The van der Waals surface area contributed by atoms with Gasteiger partial charge in [-0.2, -0.15) is 0 Å². The third kappa shape index (κ3) is 2.86. The monoisotopic (exact) mass is 386 g/mol. The van der Waals surface area contributed by atoms with E-state index >= 15 is 0 Å². The van der Waals surface area contributed by atoms with Crippen LogP contribution < -0.4 is 16.0 Å². The summed E-state index contributed by atoms with van der Waals surface area (Å²) in [5.74, 6) is 0.0691. The largest absolute Gasteiger partial charge is 0.368 e. The number of H-pyrrole nitrogens is 1. The smallest absolute Gasteiger partial charge is 0.250 e. The molecule has 4 N–H and O–H groups in total. The molecule has 1 amide bonds. The number of amides is 1. The summed E-state index contributed by atoms with van der Waals surface area (Å²) < 4.78 is 14.9. The van der Waals surface area contributed by atoms with Crippen LogP contribution in [0.3, 0.4) is 0 Å². The van der Waals surface area contributed by atoms with Crippen molar-refractivity contribution in [2.45, 2.75) is 13.3 Å². The molecule has 0 unspecified atom stereocenters. The molecule has 1 aromatic carbocycles. The number of aromatic amines is 1. The fourth-order valence-electron chi connectivity index (χ4n) is 4.15. The molecule has 0 spiro atoms. The van der Waals surface area contributed by atoms with Gasteiger partial charge in [0.15, 0.2) is 0 Å². The number of aryl methyl sites for hydroxylation is 1. The highest BCUT2D eigenvalue weighted by Crippen LogP contribution is 2.41. The van der Waals surface area contributed by atoms with Crippen molar-refractivity contribution in [3.05, 3.63) is 28.2 Å². The van der Waals surface area contributed by atoms with Crippen molar-refractivity contribution in [1.29, 1.82) is 0 Å². The first-order valence-corrected chi connectivity index (χ1v) is 8.61. The van der Waals surface area contributed by atoms with Crippen LogP contribution in [-0.4, -0.2) is 37.1 Å². The van der Waals surface area contributed by atoms with Crippen molar-refractivity contribution < 1.29 is 9.18 Å². The van der Waals surface area contributed by atoms with E-state index in [4.69, 9.17) is 17.3 Å². The van der Waals surface area contributed by atoms with E-state index < -0.39 is 11.7 Å². The molecule has 136 valence electrons. The van der Waals surface area contributed by atoms with Crippen molar-refractivity contribution in [2.75, 3.05) is 31.1 Å². The van der Waals surface area contributed by atoms with Crippen LogP contribution in [0, 0.1) is 24.6 Å². The van der Waals surface area contributed by atoms with Crippen molar-refractivity contribution in [1.82, 2.24) is 10.3 Å². The van der Waals surface area contributed by atoms with Crippen LogP contribution in [-0.2, 0) is 0 Å². The first-order chi connectivity index (χ1) is 11.5. The maximum atomic E-state index is 14.9. The summed E-state index contributed by atoms with van der Waals surface area (Å²) in [5.41, 5.74) is 7.26. The molecule has 2 aliphatic rings. The second kappa shape index (κ2) is 6.67. The maximum absolute atomic E-state index is 14.9. The van der Waals surface area contributed by atoms with Crippen molar-refractivity contribution >= 4 is 46.5 Å². The van der Waals surface area contributed by atoms with Gasteiger partial charge in [0, 0.05) is 24.2 Å². The molecule has 2 aromatic rings. The lowest BCUT2D eigenvalue weighted by atomic mass is 9.88. The van der Waals surface area contributed by atoms with Crippen LogP contribution in [0.4, 0.5) is 10.1 Å². The fraction of sp³-hybridized carbons (Fsp3) is 0.471. The van der Waals surface area contributed by atoms with Gasteiger partial charge in [-0.3, -0.25) is 4.79 Å². The molecule has 2 fully saturated rings. The molecule has 5 nitrogen and oxygen atoms in total. The summed E-state index contributed by atoms with van der Waals surface area (Å²) in [7, 11) is 0. The minimum Gasteiger partial charge on any atom is -0.368 e. The third-order valence-corrected chi connectivity index (χ3v) is 5.87. The molecule has 0 aliphatic carbocycles. The van der Waals surface area contributed by atoms with Gasteiger partial charge in [0.25, 0.3) is 5.91 Å². The van der Waals surface area contributed by atoms with Crippen LogP contribution in [0.5, 0.6) is 0 Å². The second-order valence-corrected chi connectivity index (χ2v) is 7.22. The number of nitrogens with zero attached hydrogens (tertiary/aromatic N) is 1. The molecule has 0 radical (unpaired) electrons. The summed E-state index contributed by atoms with van der Waals surface area (Å²) in [6.45, 7) is 5.39. The van der Waals surface area contributed by atoms with Gasteiger partial charge in [-0.05, 0) is 44.3 Å². The van der Waals surface area contributed by atoms with Crippen LogP contribution in [0.1, 0.15) is 22.5 Å². The quantitative estimate of drug-likeness (QED) is 0.742. The number of benzene rings is 1. The van der Waals surface area contributed by atoms with E-state index in [9.17, 15) is 9.18 Å². The number of hydrogen-bond acceptors (Lipinski definition) is 3. The van der Waals surface area contributed by atoms with Gasteiger partial charge in [0.1, 0.15) is 5.82 Å². The Hall–Kier alpha value is -1.50. The Labute approximate surface area is 156 Å². The zero-order valence-corrected chi connectivity index (χ0v) is 15.4. The van der Waals surface area contributed by atoms with Crippen LogP contribution in [0.2, 0.25) is 5.02 Å². The number of anilines is 1. The number of nitrogens with one attached hydrogen (secondary N) is 2. The highest BCUT2D eigenvalue weighted by atomic mass is 35.5. The summed E-state index contributed by atoms with van der Waals surface area (Å²) >= 11 is 6.44. The Bertz CT molecular complexity index is 838. The van der Waals surface area contributed by atoms with Gasteiger partial charge < -0.3 is 20.9 Å². The molecule has 1 aromatic heterocycles. The number of piperidine rings is 1. The Balaban J connectivity index is 0.00000182. The van der Waals surface area contributed by atoms with Gasteiger partial charge in [-0.15, -0.1) is 12.4 Å². The number of halogens is 3. The van der Waals surface area contributed by atoms with Crippen molar-refractivity contribution in [3.8, 4) is 0 Å². The molecule has 0 saturated carbocycles. The highest BCUT2D eigenvalue weighted by molar-refractivity contribution is 6.38. The molecule has 2 saturated heterocycles. The second-order valence-electron chi connectivity index (χ2n) is 6.85. The average molecular weight is 387 g/mol. The molecule has 2 aliphatic heterocycles. The predicted molar refractivity (Wildman–Crippen MR) is 100 cm³/mol. The lowest BCUT2D eigenvalue weighted by Gasteiger charge is -2.36. The Kier molecular flexibility index (Phi) is 4.88. The maximum Gasteiger partial charge on any atom is 0.250 e. The Morgan fingerprint density at radius 1 is 1.40 bits per heavy atom. The zero-order valence-electron chi connectivity index (χ0n) is 13.9. The van der Waals surface area contributed by atoms with Crippen LogP contribution >= 0.6 is 24.0 Å². The minimum absolute atomic E-state index is 0. The average Bonchev–Trinajstić information content (AvgIpc) is 3.12. The van der Waals surface area contributed by atoms with Crippen LogP contribution in [0.25, 0.3) is 10.9 Å². The minimum atomic E-state index is -0.665. The number of rotatable bonds is 2. The Morgan fingerprint density at radius 2 is 2.12 bits per heavy atom. The van der Waals surface area contributed by atoms with Gasteiger partial charge in [0.05, 0.1) is 21.8 Å². The van der Waals surface area contributed by atoms with E-state index in [0.29, 0.717) is 39.1 Å². The van der Waals surface area contributed by atoms with Gasteiger partial charge in [0.2, 0.25) is 0 Å². The summed E-state index contributed by atoms with van der Waals surface area (Å²) in [5, 5.41) is 4.43.